The van der Waals surface area contributed by atoms with Gasteiger partial charge in [-0.2, -0.15) is 4.31 Å². The zero-order chi connectivity index (χ0) is 19.5. The molecule has 5 rings (SSSR count). The summed E-state index contributed by atoms with van der Waals surface area (Å²) < 4.78 is 34.3. The number of nitrogens with zero attached hydrogens (tertiary/aromatic N) is 4. The molecule has 3 aliphatic heterocycles. The van der Waals surface area contributed by atoms with Crippen molar-refractivity contribution in [2.45, 2.75) is 36.8 Å². The van der Waals surface area contributed by atoms with Crippen molar-refractivity contribution in [1.82, 2.24) is 14.3 Å². The molecule has 2 aromatic rings. The van der Waals surface area contributed by atoms with Crippen LogP contribution < -0.4 is 4.90 Å². The summed E-state index contributed by atoms with van der Waals surface area (Å²) in [4.78, 5) is 10.9. The fourth-order valence-corrected chi connectivity index (χ4v) is 7.00. The van der Waals surface area contributed by atoms with E-state index in [1.54, 1.807) is 28.8 Å². The summed E-state index contributed by atoms with van der Waals surface area (Å²) in [6.07, 6.45) is 3.97. The van der Waals surface area contributed by atoms with E-state index in [-0.39, 0.29) is 6.10 Å². The summed E-state index contributed by atoms with van der Waals surface area (Å²) in [5.41, 5.74) is 1.17. The molecular weight excluding hydrogens is 400 g/mol. The highest BCUT2D eigenvalue weighted by Gasteiger charge is 2.65. The van der Waals surface area contributed by atoms with Gasteiger partial charge >= 0.3 is 0 Å². The monoisotopic (exact) mass is 420 g/mol. The van der Waals surface area contributed by atoms with Gasteiger partial charge in [-0.1, -0.05) is 23.7 Å². The summed E-state index contributed by atoms with van der Waals surface area (Å²) in [5.74, 6) is 0.632. The maximum atomic E-state index is 13.2. The lowest BCUT2D eigenvalue weighted by molar-refractivity contribution is -0.0535. The molecule has 3 saturated heterocycles. The molecule has 0 amide bonds. The maximum absolute atomic E-state index is 13.2. The van der Waals surface area contributed by atoms with E-state index in [2.05, 4.69) is 14.9 Å². The number of ether oxygens (including phenoxy) is 1. The number of halogens is 1. The molecule has 0 unspecified atom stereocenters. The average Bonchev–Trinajstić information content (AvgIpc) is 3.03. The minimum atomic E-state index is -3.44. The van der Waals surface area contributed by atoms with Crippen molar-refractivity contribution in [3.63, 3.8) is 0 Å². The molecule has 3 fully saturated rings. The Morgan fingerprint density at radius 3 is 2.64 bits per heavy atom. The minimum Gasteiger partial charge on any atom is -0.365 e. The number of anilines is 1. The second-order valence-corrected chi connectivity index (χ2v) is 10.5. The number of sulfonamides is 1. The first-order chi connectivity index (χ1) is 13.4. The van der Waals surface area contributed by atoms with Gasteiger partial charge in [0.05, 0.1) is 12.6 Å². The molecule has 0 aliphatic carbocycles. The largest absolute Gasteiger partial charge is 0.365 e. The number of hydrogen-bond acceptors (Lipinski definition) is 6. The van der Waals surface area contributed by atoms with Gasteiger partial charge in [-0.05, 0) is 36.6 Å². The normalized spacial score (nSPS) is 31.1. The zero-order valence-corrected chi connectivity index (χ0v) is 17.0. The second-order valence-electron chi connectivity index (χ2n) is 7.91. The second kappa shape index (κ2) is 6.38. The Balaban J connectivity index is 1.42. The number of morpholine rings is 1. The van der Waals surface area contributed by atoms with Crippen molar-refractivity contribution >= 4 is 27.6 Å². The molecule has 1 aromatic carbocycles. The van der Waals surface area contributed by atoms with Gasteiger partial charge in [0.1, 0.15) is 10.9 Å². The molecule has 4 heterocycles. The topological polar surface area (TPSA) is 75.6 Å². The van der Waals surface area contributed by atoms with Crippen LogP contribution in [0.2, 0.25) is 5.02 Å². The third-order valence-corrected chi connectivity index (χ3v) is 8.40. The molecule has 0 N–H and O–H groups in total. The Hall–Kier alpha value is -1.74. The summed E-state index contributed by atoms with van der Waals surface area (Å²) in [5, 5.41) is 0.114. The van der Waals surface area contributed by atoms with Crippen molar-refractivity contribution < 1.29 is 13.2 Å². The fourth-order valence-electron chi connectivity index (χ4n) is 4.59. The Morgan fingerprint density at radius 1 is 1.21 bits per heavy atom. The van der Waals surface area contributed by atoms with Crippen LogP contribution in [0.1, 0.15) is 17.5 Å². The highest BCUT2D eigenvalue weighted by molar-refractivity contribution is 7.90. The van der Waals surface area contributed by atoms with Gasteiger partial charge in [0, 0.05) is 37.1 Å². The predicted octanol–water partition coefficient (Wildman–Crippen LogP) is 2.00. The average molecular weight is 421 g/mol. The van der Waals surface area contributed by atoms with Crippen LogP contribution >= 0.6 is 11.6 Å². The molecule has 7 nitrogen and oxygen atoms in total. The van der Waals surface area contributed by atoms with Gasteiger partial charge < -0.3 is 9.64 Å². The zero-order valence-electron chi connectivity index (χ0n) is 15.5. The van der Waals surface area contributed by atoms with E-state index < -0.39 is 20.9 Å². The molecule has 148 valence electrons. The van der Waals surface area contributed by atoms with Crippen LogP contribution in [-0.2, 0) is 21.3 Å². The number of aryl methyl sites for hydroxylation is 1. The highest BCUT2D eigenvalue weighted by Crippen LogP contribution is 2.47. The molecule has 0 radical (unpaired) electrons. The molecule has 28 heavy (non-hydrogen) atoms. The van der Waals surface area contributed by atoms with Crippen LogP contribution in [0.25, 0.3) is 0 Å². The SMILES string of the molecule is Cc1cnc(N2C[C@@H]3C[C@@H]4[C@@](C2)(CN(Cc2ccc(Cl)cc2)S4(=O)=O)O3)nc1. The fraction of sp³-hybridized carbons (Fsp3) is 0.474. The lowest BCUT2D eigenvalue weighted by Crippen LogP contribution is -2.55. The molecule has 0 saturated carbocycles. The van der Waals surface area contributed by atoms with Crippen LogP contribution in [0, 0.1) is 6.92 Å². The third kappa shape index (κ3) is 2.90. The lowest BCUT2D eigenvalue weighted by atomic mass is 9.99. The van der Waals surface area contributed by atoms with E-state index in [9.17, 15) is 8.42 Å². The first-order valence-electron chi connectivity index (χ1n) is 9.31. The van der Waals surface area contributed by atoms with Gasteiger partial charge in [0.25, 0.3) is 0 Å². The molecular formula is C19H21ClN4O3S. The number of hydrogen-bond donors (Lipinski definition) is 0. The predicted molar refractivity (Wildman–Crippen MR) is 106 cm³/mol. The first-order valence-corrected chi connectivity index (χ1v) is 11.2. The third-order valence-electron chi connectivity index (χ3n) is 5.83. The summed E-state index contributed by atoms with van der Waals surface area (Å²) in [6, 6.07) is 7.28. The van der Waals surface area contributed by atoms with Crippen LogP contribution in [-0.4, -0.2) is 59.3 Å². The molecule has 9 heteroatoms. The number of aromatic nitrogens is 2. The van der Waals surface area contributed by atoms with Gasteiger partial charge in [-0.3, -0.25) is 0 Å². The van der Waals surface area contributed by atoms with E-state index in [0.717, 1.165) is 11.1 Å². The van der Waals surface area contributed by atoms with E-state index in [1.165, 1.54) is 0 Å². The number of fused-ring (bicyclic) bond motifs is 1. The standard InChI is InChI=1S/C19H21ClN4O3S/c1-13-7-21-18(22-8-13)23-10-16-6-17-19(11-23,27-16)12-24(28(17,25)26)9-14-2-4-15(20)5-3-14/h2-5,7-8,16-17H,6,9-12H2,1H3/t16-,17+,19+/m0/s1. The molecule has 3 atom stereocenters. The molecule has 2 bridgehead atoms. The van der Waals surface area contributed by atoms with E-state index in [1.807, 2.05) is 19.1 Å². The lowest BCUT2D eigenvalue weighted by Gasteiger charge is -2.39. The maximum Gasteiger partial charge on any atom is 0.225 e. The van der Waals surface area contributed by atoms with Crippen molar-refractivity contribution in [2.75, 3.05) is 24.5 Å². The summed E-state index contributed by atoms with van der Waals surface area (Å²) in [7, 11) is -3.44. The van der Waals surface area contributed by atoms with Crippen LogP contribution in [0.3, 0.4) is 0 Å². The smallest absolute Gasteiger partial charge is 0.225 e. The van der Waals surface area contributed by atoms with E-state index in [0.29, 0.717) is 43.6 Å². The van der Waals surface area contributed by atoms with E-state index >= 15 is 0 Å². The van der Waals surface area contributed by atoms with Crippen molar-refractivity contribution in [3.8, 4) is 0 Å². The number of rotatable bonds is 3. The van der Waals surface area contributed by atoms with Crippen LogP contribution in [0.5, 0.6) is 0 Å². The van der Waals surface area contributed by atoms with Gasteiger partial charge in [-0.25, -0.2) is 18.4 Å². The Bertz CT molecular complexity index is 999. The minimum absolute atomic E-state index is 0.115. The van der Waals surface area contributed by atoms with Crippen molar-refractivity contribution in [2.24, 2.45) is 0 Å². The molecule has 1 spiro atoms. The number of benzene rings is 1. The van der Waals surface area contributed by atoms with Crippen LogP contribution in [0.15, 0.2) is 36.7 Å². The van der Waals surface area contributed by atoms with Crippen molar-refractivity contribution in [3.05, 3.63) is 52.8 Å². The first kappa shape index (κ1) is 18.3. The highest BCUT2D eigenvalue weighted by atomic mass is 35.5. The van der Waals surface area contributed by atoms with E-state index in [4.69, 9.17) is 16.3 Å². The Kier molecular flexibility index (Phi) is 4.17. The molecule has 3 aliphatic rings. The van der Waals surface area contributed by atoms with Crippen LogP contribution in [0.4, 0.5) is 5.95 Å². The van der Waals surface area contributed by atoms with Gasteiger partial charge in [0.2, 0.25) is 16.0 Å². The van der Waals surface area contributed by atoms with Gasteiger partial charge in [0.15, 0.2) is 0 Å². The summed E-state index contributed by atoms with van der Waals surface area (Å²) >= 11 is 5.95. The Labute approximate surface area is 169 Å². The van der Waals surface area contributed by atoms with Crippen molar-refractivity contribution in [1.29, 1.82) is 0 Å². The summed E-state index contributed by atoms with van der Waals surface area (Å²) in [6.45, 7) is 3.72. The quantitative estimate of drug-likeness (QED) is 0.756. The Morgan fingerprint density at radius 2 is 1.93 bits per heavy atom. The molecule has 1 aromatic heterocycles. The van der Waals surface area contributed by atoms with Gasteiger partial charge in [-0.15, -0.1) is 0 Å².